The van der Waals surface area contributed by atoms with Gasteiger partial charge in [0.25, 0.3) is 0 Å². The summed E-state index contributed by atoms with van der Waals surface area (Å²) in [4.78, 5) is 0. The minimum Gasteiger partial charge on any atom is -0.409 e. The Morgan fingerprint density at radius 2 is 2.33 bits per heavy atom. The van der Waals surface area contributed by atoms with Crippen molar-refractivity contribution in [3.05, 3.63) is 0 Å². The third-order valence-electron chi connectivity index (χ3n) is 1.39. The molecule has 0 aromatic rings. The normalized spacial score (nSPS) is 11.9. The van der Waals surface area contributed by atoms with Gasteiger partial charge in [-0.1, -0.05) is 5.16 Å². The molecule has 0 spiro atoms. The van der Waals surface area contributed by atoms with Gasteiger partial charge in [0.15, 0.2) is 0 Å². The summed E-state index contributed by atoms with van der Waals surface area (Å²) in [5, 5.41) is 14.2. The van der Waals surface area contributed by atoms with Gasteiger partial charge >= 0.3 is 0 Å². The maximum absolute atomic E-state index is 8.19. The highest BCUT2D eigenvalue weighted by atomic mass is 16.5. The molecule has 0 saturated carbocycles. The van der Waals surface area contributed by atoms with Crippen LogP contribution in [0, 0.1) is 0 Å². The highest BCUT2D eigenvalue weighted by molar-refractivity contribution is 5.79. The number of ether oxygens (including phenoxy) is 1. The van der Waals surface area contributed by atoms with Gasteiger partial charge in [0, 0.05) is 26.7 Å². The molecule has 0 rings (SSSR count). The van der Waals surface area contributed by atoms with Crippen LogP contribution in [0.15, 0.2) is 5.16 Å². The fraction of sp³-hybridized carbons (Fsp3) is 0.857. The van der Waals surface area contributed by atoms with E-state index in [0.717, 1.165) is 26.1 Å². The molecular weight excluding hydrogens is 158 g/mol. The highest BCUT2D eigenvalue weighted by Crippen LogP contribution is 1.79. The van der Waals surface area contributed by atoms with Gasteiger partial charge in [0.2, 0.25) is 0 Å². The Balaban J connectivity index is 3.00. The maximum Gasteiger partial charge on any atom is 0.140 e. The lowest BCUT2D eigenvalue weighted by molar-refractivity contribution is 0.194. The first-order valence-corrected chi connectivity index (χ1v) is 3.97. The van der Waals surface area contributed by atoms with Crippen molar-refractivity contribution in [3.63, 3.8) is 0 Å². The lowest BCUT2D eigenvalue weighted by Gasteiger charge is -2.02. The number of oxime groups is 1. The molecule has 0 fully saturated rings. The zero-order valence-corrected chi connectivity index (χ0v) is 7.42. The standard InChI is InChI=1S/C7H17N3O2/c1-12-6-2-4-9-5-3-7(8)10-11/h9,11H,2-6H2,1H3,(H2,8,10). The van der Waals surface area contributed by atoms with E-state index in [-0.39, 0.29) is 5.84 Å². The first-order chi connectivity index (χ1) is 5.81. The molecule has 0 aromatic carbocycles. The quantitative estimate of drug-likeness (QED) is 0.164. The van der Waals surface area contributed by atoms with Crippen molar-refractivity contribution in [2.75, 3.05) is 26.8 Å². The number of hydrogen-bond acceptors (Lipinski definition) is 4. The lowest BCUT2D eigenvalue weighted by atomic mass is 10.4. The summed E-state index contributed by atoms with van der Waals surface area (Å²) in [6.45, 7) is 2.39. The van der Waals surface area contributed by atoms with Gasteiger partial charge in [-0.15, -0.1) is 0 Å². The third-order valence-corrected chi connectivity index (χ3v) is 1.39. The van der Waals surface area contributed by atoms with Crippen molar-refractivity contribution in [3.8, 4) is 0 Å². The van der Waals surface area contributed by atoms with E-state index in [1.165, 1.54) is 0 Å². The fourth-order valence-corrected chi connectivity index (χ4v) is 0.733. The SMILES string of the molecule is COCCCNCC/C(N)=N/O. The van der Waals surface area contributed by atoms with Crippen LogP contribution in [0.4, 0.5) is 0 Å². The molecule has 0 aromatic heterocycles. The van der Waals surface area contributed by atoms with Crippen LogP contribution in [0.1, 0.15) is 12.8 Å². The van der Waals surface area contributed by atoms with Crippen LogP contribution < -0.4 is 11.1 Å². The van der Waals surface area contributed by atoms with E-state index in [9.17, 15) is 0 Å². The first kappa shape index (κ1) is 11.2. The monoisotopic (exact) mass is 175 g/mol. The Labute approximate surface area is 72.6 Å². The van der Waals surface area contributed by atoms with E-state index in [1.807, 2.05) is 0 Å². The van der Waals surface area contributed by atoms with Crippen molar-refractivity contribution >= 4 is 5.84 Å². The first-order valence-electron chi connectivity index (χ1n) is 3.97. The second-order valence-corrected chi connectivity index (χ2v) is 2.44. The average molecular weight is 175 g/mol. The summed E-state index contributed by atoms with van der Waals surface area (Å²) in [5.74, 6) is 0.259. The molecular formula is C7H17N3O2. The Morgan fingerprint density at radius 3 is 2.92 bits per heavy atom. The topological polar surface area (TPSA) is 79.9 Å². The largest absolute Gasteiger partial charge is 0.409 e. The Morgan fingerprint density at radius 1 is 1.58 bits per heavy atom. The molecule has 12 heavy (non-hydrogen) atoms. The van der Waals surface area contributed by atoms with Gasteiger partial charge in [-0.05, 0) is 13.0 Å². The molecule has 0 amide bonds. The molecule has 4 N–H and O–H groups in total. The Hall–Kier alpha value is -0.810. The van der Waals surface area contributed by atoms with Gasteiger partial charge in [-0.25, -0.2) is 0 Å². The molecule has 0 unspecified atom stereocenters. The second kappa shape index (κ2) is 8.29. The average Bonchev–Trinajstić information content (AvgIpc) is 2.10. The number of hydrogen-bond donors (Lipinski definition) is 3. The molecule has 0 aliphatic heterocycles. The third kappa shape index (κ3) is 7.30. The van der Waals surface area contributed by atoms with E-state index in [2.05, 4.69) is 10.5 Å². The van der Waals surface area contributed by atoms with Crippen LogP contribution in [-0.2, 0) is 4.74 Å². The van der Waals surface area contributed by atoms with Gasteiger partial charge in [-0.3, -0.25) is 0 Å². The van der Waals surface area contributed by atoms with E-state index in [1.54, 1.807) is 7.11 Å². The molecule has 0 saturated heterocycles. The van der Waals surface area contributed by atoms with E-state index < -0.39 is 0 Å². The van der Waals surface area contributed by atoms with E-state index in [0.29, 0.717) is 6.42 Å². The Kier molecular flexibility index (Phi) is 7.73. The summed E-state index contributed by atoms with van der Waals surface area (Å²) in [6, 6.07) is 0. The minimum atomic E-state index is 0.259. The minimum absolute atomic E-state index is 0.259. The fourth-order valence-electron chi connectivity index (χ4n) is 0.733. The summed E-state index contributed by atoms with van der Waals surface area (Å²) in [5.41, 5.74) is 5.25. The van der Waals surface area contributed by atoms with Crippen molar-refractivity contribution in [2.45, 2.75) is 12.8 Å². The summed E-state index contributed by atoms with van der Waals surface area (Å²) in [7, 11) is 1.68. The summed E-state index contributed by atoms with van der Waals surface area (Å²) >= 11 is 0. The van der Waals surface area contributed by atoms with Crippen molar-refractivity contribution in [1.82, 2.24) is 5.32 Å². The van der Waals surface area contributed by atoms with Gasteiger partial charge in [-0.2, -0.15) is 0 Å². The number of methoxy groups -OCH3 is 1. The maximum atomic E-state index is 8.19. The predicted octanol–water partition coefficient (Wildman–Crippen LogP) is -0.251. The van der Waals surface area contributed by atoms with Crippen molar-refractivity contribution < 1.29 is 9.94 Å². The molecule has 0 radical (unpaired) electrons. The van der Waals surface area contributed by atoms with Crippen LogP contribution in [0.25, 0.3) is 0 Å². The van der Waals surface area contributed by atoms with Crippen LogP contribution in [0.3, 0.4) is 0 Å². The number of nitrogens with zero attached hydrogens (tertiary/aromatic N) is 1. The van der Waals surface area contributed by atoms with E-state index in [4.69, 9.17) is 15.7 Å². The molecule has 72 valence electrons. The zero-order valence-electron chi connectivity index (χ0n) is 7.42. The number of rotatable bonds is 7. The number of amidine groups is 1. The predicted molar refractivity (Wildman–Crippen MR) is 47.4 cm³/mol. The summed E-state index contributed by atoms with van der Waals surface area (Å²) < 4.78 is 4.86. The molecule has 0 aliphatic carbocycles. The molecule has 5 heteroatoms. The Bertz CT molecular complexity index is 128. The number of nitrogens with one attached hydrogen (secondary N) is 1. The van der Waals surface area contributed by atoms with Crippen LogP contribution in [0.5, 0.6) is 0 Å². The number of nitrogens with two attached hydrogens (primary N) is 1. The van der Waals surface area contributed by atoms with Crippen LogP contribution >= 0.6 is 0 Å². The van der Waals surface area contributed by atoms with E-state index >= 15 is 0 Å². The molecule has 5 nitrogen and oxygen atoms in total. The van der Waals surface area contributed by atoms with Crippen LogP contribution in [0.2, 0.25) is 0 Å². The zero-order chi connectivity index (χ0) is 9.23. The molecule has 0 aliphatic rings. The van der Waals surface area contributed by atoms with Gasteiger partial charge in [0.05, 0.1) is 0 Å². The van der Waals surface area contributed by atoms with Gasteiger partial charge < -0.3 is 21.0 Å². The summed E-state index contributed by atoms with van der Waals surface area (Å²) in [6.07, 6.45) is 1.55. The van der Waals surface area contributed by atoms with Crippen molar-refractivity contribution in [2.24, 2.45) is 10.9 Å². The van der Waals surface area contributed by atoms with Gasteiger partial charge in [0.1, 0.15) is 5.84 Å². The lowest BCUT2D eigenvalue weighted by Crippen LogP contribution is -2.23. The van der Waals surface area contributed by atoms with Crippen molar-refractivity contribution in [1.29, 1.82) is 0 Å². The van der Waals surface area contributed by atoms with Crippen LogP contribution in [-0.4, -0.2) is 37.8 Å². The molecule has 0 bridgehead atoms. The molecule has 0 heterocycles. The highest BCUT2D eigenvalue weighted by Gasteiger charge is 1.91. The smallest absolute Gasteiger partial charge is 0.140 e. The molecule has 0 atom stereocenters. The second-order valence-electron chi connectivity index (χ2n) is 2.44.